The molecule has 72 heavy (non-hydrogen) atoms. The van der Waals surface area contributed by atoms with Gasteiger partial charge in [-0.1, -0.05) is 32.9 Å². The number of amides is 2. The van der Waals surface area contributed by atoms with Crippen molar-refractivity contribution >= 4 is 38.1 Å². The van der Waals surface area contributed by atoms with Crippen molar-refractivity contribution in [2.24, 2.45) is 11.8 Å². The molecule has 380 valence electrons. The van der Waals surface area contributed by atoms with E-state index >= 15 is 0 Å². The van der Waals surface area contributed by atoms with Gasteiger partial charge in [-0.3, -0.25) is 24.5 Å². The Balaban J connectivity index is 0.000000176. The van der Waals surface area contributed by atoms with Crippen molar-refractivity contribution in [3.05, 3.63) is 94.6 Å². The van der Waals surface area contributed by atoms with Gasteiger partial charge in [0.1, 0.15) is 40.7 Å². The normalized spacial score (nSPS) is 16.4. The van der Waals surface area contributed by atoms with Crippen molar-refractivity contribution in [2.45, 2.75) is 116 Å². The minimum atomic E-state index is -1.90. The summed E-state index contributed by atoms with van der Waals surface area (Å²) in [5.74, 6) is 2.42. The summed E-state index contributed by atoms with van der Waals surface area (Å²) in [6.45, 7) is 20.1. The second-order valence-electron chi connectivity index (χ2n) is 20.6. The van der Waals surface area contributed by atoms with Crippen LogP contribution in [0.3, 0.4) is 0 Å². The fraction of sp³-hybridized carbons (Fsp3) is 0.500. The first kappa shape index (κ1) is 51.8. The maximum atomic E-state index is 12.9. The summed E-state index contributed by atoms with van der Waals surface area (Å²) < 4.78 is 9.60. The molecule has 21 nitrogen and oxygen atoms in total. The lowest BCUT2D eigenvalue weighted by atomic mass is 10.0. The van der Waals surface area contributed by atoms with Crippen LogP contribution in [0, 0.1) is 11.8 Å². The fourth-order valence-electron chi connectivity index (χ4n) is 7.79. The van der Waals surface area contributed by atoms with E-state index in [0.29, 0.717) is 58.6 Å². The molecule has 0 unspecified atom stereocenters. The van der Waals surface area contributed by atoms with Gasteiger partial charge in [0.2, 0.25) is 11.6 Å². The highest BCUT2D eigenvalue weighted by atomic mass is 28.4. The van der Waals surface area contributed by atoms with E-state index in [1.807, 2.05) is 37.4 Å². The Kier molecular flexibility index (Phi) is 16.4. The van der Waals surface area contributed by atoms with Crippen LogP contribution in [0.1, 0.15) is 116 Å². The molecule has 2 saturated carbocycles. The lowest BCUT2D eigenvalue weighted by Crippen LogP contribution is -2.42. The minimum absolute atomic E-state index is 0.0810. The summed E-state index contributed by atoms with van der Waals surface area (Å²) in [7, 11) is -1.90. The summed E-state index contributed by atoms with van der Waals surface area (Å²) in [5.41, 5.74) is 6.49. The molecular formula is C50H66N16O5Si. The molecule has 4 aliphatic rings. The van der Waals surface area contributed by atoms with Crippen LogP contribution in [0.2, 0.25) is 18.1 Å². The number of aromatic nitrogens is 12. The number of carbonyl (C=O) groups excluding carboxylic acids is 3. The van der Waals surface area contributed by atoms with Crippen LogP contribution < -0.4 is 16.0 Å². The van der Waals surface area contributed by atoms with Crippen LogP contribution in [-0.2, 0) is 35.2 Å². The van der Waals surface area contributed by atoms with E-state index in [1.165, 1.54) is 34.2 Å². The second-order valence-corrected chi connectivity index (χ2v) is 25.4. The van der Waals surface area contributed by atoms with Crippen LogP contribution in [-0.4, -0.2) is 130 Å². The predicted molar refractivity (Wildman–Crippen MR) is 272 cm³/mol. The summed E-state index contributed by atoms with van der Waals surface area (Å²) in [6.07, 6.45) is 11.5. The lowest BCUT2D eigenvalue weighted by Gasteiger charge is -2.36. The minimum Gasteiger partial charge on any atom is -0.415 e. The zero-order valence-corrected chi connectivity index (χ0v) is 43.2. The second kappa shape index (κ2) is 22.9. The molecule has 0 radical (unpaired) electrons. The Bertz CT molecular complexity index is 2840. The predicted octanol–water partition coefficient (Wildman–Crippen LogP) is 5.91. The molecule has 0 aromatic carbocycles. The third-order valence-corrected chi connectivity index (χ3v) is 18.2. The molecule has 2 aliphatic carbocycles. The first-order valence-electron chi connectivity index (χ1n) is 24.8. The first-order valence-corrected chi connectivity index (χ1v) is 27.7. The van der Waals surface area contributed by atoms with Gasteiger partial charge in [0.15, 0.2) is 8.32 Å². The molecule has 2 aliphatic heterocycles. The van der Waals surface area contributed by atoms with Gasteiger partial charge in [-0.15, -0.1) is 10.2 Å². The summed E-state index contributed by atoms with van der Waals surface area (Å²) in [5, 5.41) is 42.4. The SMILES string of the molecule is C[C@H](CO)n1nnnc1-c1cccc(NC(=O)c2cc3c(cn2)CCN(CC2CC2)C3)n1.C[C@H](CO[Si](C)(C)C(C)(C)C)n1nnnc1-c1cccc(NC(=O)c2cc3c(cn2)CCNC3)n1.O=CC1CC1. The Labute approximate surface area is 420 Å². The molecule has 10 rings (SSSR count). The largest absolute Gasteiger partial charge is 0.415 e. The average molecular weight is 999 g/mol. The van der Waals surface area contributed by atoms with Crippen molar-refractivity contribution in [3.8, 4) is 23.0 Å². The number of aliphatic hydroxyl groups excluding tert-OH is 1. The Morgan fingerprint density at radius 1 is 0.819 bits per heavy atom. The van der Waals surface area contributed by atoms with E-state index in [9.17, 15) is 19.5 Å². The molecule has 0 saturated heterocycles. The standard InChI is InChI=1S/C24H34N8O2Si.C22H26N8O2.C4H6O/c1-16(15-34-35(5,6)24(2,3)4)32-22(29-30-31-32)19-8-7-9-21(27-19)28-23(33)20-12-18-13-25-11-10-17(18)14-26-20;1-14(13-31)30-21(26-27-28-30)18-3-2-4-20(24-18)25-22(32)19-9-17-12-29(11-15-5-6-15)8-7-16(17)10-23-19;5-3-4-1-2-4/h7-9,12,14,16,25H,10-11,13,15H2,1-6H3,(H,27,28,33);2-4,9-10,14-15,31H,5-8,11-13H2,1H3,(H,24,25,32);3-4H,1-2H2/t16-;14-;/m11./s1. The van der Waals surface area contributed by atoms with Crippen LogP contribution in [0.4, 0.5) is 11.6 Å². The average Bonchev–Trinajstić information content (AvgIpc) is 4.29. The highest BCUT2D eigenvalue weighted by molar-refractivity contribution is 6.74. The maximum Gasteiger partial charge on any atom is 0.275 e. The third-order valence-electron chi connectivity index (χ3n) is 13.7. The molecule has 22 heteroatoms. The van der Waals surface area contributed by atoms with E-state index in [2.05, 4.69) is 106 Å². The summed E-state index contributed by atoms with van der Waals surface area (Å²) in [6, 6.07) is 14.0. The zero-order chi connectivity index (χ0) is 51.0. The number of hydrogen-bond donors (Lipinski definition) is 4. The number of tetrazole rings is 2. The number of hydrogen-bond acceptors (Lipinski definition) is 17. The number of carbonyl (C=O) groups is 3. The Morgan fingerprint density at radius 3 is 1.92 bits per heavy atom. The van der Waals surface area contributed by atoms with Gasteiger partial charge in [0, 0.05) is 44.5 Å². The third kappa shape index (κ3) is 13.3. The van der Waals surface area contributed by atoms with Crippen molar-refractivity contribution < 1.29 is 23.9 Å². The lowest BCUT2D eigenvalue weighted by molar-refractivity contribution is -0.108. The molecule has 2 amide bonds. The number of anilines is 2. The molecule has 8 heterocycles. The van der Waals surface area contributed by atoms with Crippen molar-refractivity contribution in [3.63, 3.8) is 0 Å². The van der Waals surface area contributed by atoms with Gasteiger partial charge in [0.05, 0.1) is 25.3 Å². The number of aliphatic hydroxyl groups is 1. The number of nitrogens with zero attached hydrogens (tertiary/aromatic N) is 13. The number of pyridine rings is 4. The van der Waals surface area contributed by atoms with Crippen LogP contribution in [0.15, 0.2) is 60.9 Å². The number of rotatable bonds is 15. The highest BCUT2D eigenvalue weighted by Crippen LogP contribution is 2.37. The van der Waals surface area contributed by atoms with Gasteiger partial charge in [-0.2, -0.15) is 0 Å². The van der Waals surface area contributed by atoms with Gasteiger partial charge >= 0.3 is 0 Å². The maximum absolute atomic E-state index is 12.9. The molecule has 0 spiro atoms. The van der Waals surface area contributed by atoms with E-state index in [1.54, 1.807) is 42.1 Å². The van der Waals surface area contributed by atoms with Gasteiger partial charge in [-0.25, -0.2) is 19.3 Å². The summed E-state index contributed by atoms with van der Waals surface area (Å²) >= 11 is 0. The smallest absolute Gasteiger partial charge is 0.275 e. The van der Waals surface area contributed by atoms with Crippen molar-refractivity contribution in [1.82, 2.24) is 70.6 Å². The monoisotopic (exact) mass is 999 g/mol. The van der Waals surface area contributed by atoms with Gasteiger partial charge in [-0.05, 0) is 162 Å². The topological polar surface area (TPSA) is 259 Å². The van der Waals surface area contributed by atoms with Crippen LogP contribution in [0.25, 0.3) is 23.0 Å². The van der Waals surface area contributed by atoms with E-state index in [-0.39, 0.29) is 35.5 Å². The van der Waals surface area contributed by atoms with Crippen LogP contribution >= 0.6 is 0 Å². The van der Waals surface area contributed by atoms with E-state index in [4.69, 9.17) is 4.43 Å². The highest BCUT2D eigenvalue weighted by Gasteiger charge is 2.38. The van der Waals surface area contributed by atoms with E-state index in [0.717, 1.165) is 76.2 Å². The molecule has 2 fully saturated rings. The number of nitrogens with one attached hydrogen (secondary N) is 3. The fourth-order valence-corrected chi connectivity index (χ4v) is 8.88. The molecule has 6 aromatic heterocycles. The van der Waals surface area contributed by atoms with Crippen molar-refractivity contribution in [2.75, 3.05) is 43.5 Å². The Hall–Kier alpha value is -6.59. The molecule has 2 atom stereocenters. The van der Waals surface area contributed by atoms with Gasteiger partial charge < -0.3 is 30.3 Å². The molecule has 6 aromatic rings. The first-order chi connectivity index (χ1) is 34.6. The summed E-state index contributed by atoms with van der Waals surface area (Å²) in [4.78, 5) is 55.6. The molecule has 0 bridgehead atoms. The molecular weight excluding hydrogens is 933 g/mol. The zero-order valence-electron chi connectivity index (χ0n) is 42.2. The van der Waals surface area contributed by atoms with Crippen LogP contribution in [0.5, 0.6) is 0 Å². The van der Waals surface area contributed by atoms with Crippen molar-refractivity contribution in [1.29, 1.82) is 0 Å². The quantitative estimate of drug-likeness (QED) is 0.0689. The number of aldehydes is 1. The molecule has 4 N–H and O–H groups in total. The van der Waals surface area contributed by atoms with E-state index < -0.39 is 8.32 Å². The number of fused-ring (bicyclic) bond motifs is 2. The Morgan fingerprint density at radius 2 is 1.39 bits per heavy atom. The van der Waals surface area contributed by atoms with Gasteiger partial charge in [0.25, 0.3) is 11.8 Å².